The number of hydrogen-bond donors (Lipinski definition) is 1. The third-order valence-corrected chi connectivity index (χ3v) is 5.51. The molecule has 1 aromatic carbocycles. The van der Waals surface area contributed by atoms with Gasteiger partial charge in [0.1, 0.15) is 17.6 Å². The van der Waals surface area contributed by atoms with E-state index in [-0.39, 0.29) is 11.5 Å². The smallest absolute Gasteiger partial charge is 0.197 e. The SMILES string of the molecule is CN1CCN(Cc2c(O)ccc3occ(C(=O)c4ccsc4)c23)CC1. The van der Waals surface area contributed by atoms with Crippen LogP contribution in [0.3, 0.4) is 0 Å². The largest absolute Gasteiger partial charge is 0.508 e. The van der Waals surface area contributed by atoms with Crippen LogP contribution < -0.4 is 0 Å². The van der Waals surface area contributed by atoms with Crippen molar-refractivity contribution in [3.05, 3.63) is 51.9 Å². The Labute approximate surface area is 150 Å². The molecule has 0 spiro atoms. The first-order valence-electron chi connectivity index (χ1n) is 8.33. The van der Waals surface area contributed by atoms with E-state index in [0.717, 1.165) is 37.1 Å². The van der Waals surface area contributed by atoms with Crippen LogP contribution in [0.15, 0.2) is 39.6 Å². The van der Waals surface area contributed by atoms with Gasteiger partial charge in [-0.3, -0.25) is 9.69 Å². The zero-order chi connectivity index (χ0) is 17.4. The molecule has 0 unspecified atom stereocenters. The number of piperazine rings is 1. The molecule has 6 heteroatoms. The predicted molar refractivity (Wildman–Crippen MR) is 98.4 cm³/mol. The molecule has 3 aromatic rings. The average molecular weight is 356 g/mol. The maximum Gasteiger partial charge on any atom is 0.197 e. The normalized spacial score (nSPS) is 16.5. The van der Waals surface area contributed by atoms with Crippen molar-refractivity contribution in [2.75, 3.05) is 33.2 Å². The second kappa shape index (κ2) is 6.63. The van der Waals surface area contributed by atoms with Crippen LogP contribution in [0, 0.1) is 0 Å². The van der Waals surface area contributed by atoms with Gasteiger partial charge in [0, 0.05) is 54.6 Å². The highest BCUT2D eigenvalue weighted by Crippen LogP contribution is 2.34. The molecule has 1 aliphatic heterocycles. The fourth-order valence-electron chi connectivity index (χ4n) is 3.30. The summed E-state index contributed by atoms with van der Waals surface area (Å²) in [6.45, 7) is 4.50. The lowest BCUT2D eigenvalue weighted by Crippen LogP contribution is -2.43. The molecule has 0 saturated carbocycles. The number of furan rings is 1. The molecule has 2 aromatic heterocycles. The summed E-state index contributed by atoms with van der Waals surface area (Å²) in [4.78, 5) is 17.4. The monoisotopic (exact) mass is 356 g/mol. The van der Waals surface area contributed by atoms with Gasteiger partial charge in [0.05, 0.1) is 5.56 Å². The zero-order valence-corrected chi connectivity index (χ0v) is 14.9. The Morgan fingerprint density at radius 3 is 2.76 bits per heavy atom. The summed E-state index contributed by atoms with van der Waals surface area (Å²) < 4.78 is 5.61. The topological polar surface area (TPSA) is 56.9 Å². The standard InChI is InChI=1S/C19H20N2O3S/c1-20-5-7-21(8-6-20)10-14-16(22)2-3-17-18(14)15(11-24-17)19(23)13-4-9-25-12-13/h2-4,9,11-12,22H,5-8,10H2,1H3. The summed E-state index contributed by atoms with van der Waals surface area (Å²) >= 11 is 1.49. The number of benzene rings is 1. The van der Waals surface area contributed by atoms with Crippen molar-refractivity contribution in [1.82, 2.24) is 9.80 Å². The van der Waals surface area contributed by atoms with Crippen LogP contribution in [0.1, 0.15) is 21.5 Å². The van der Waals surface area contributed by atoms with Crippen molar-refractivity contribution in [3.63, 3.8) is 0 Å². The summed E-state index contributed by atoms with van der Waals surface area (Å²) in [5.41, 5.74) is 2.59. The Morgan fingerprint density at radius 2 is 2.04 bits per heavy atom. The van der Waals surface area contributed by atoms with E-state index in [2.05, 4.69) is 16.8 Å². The van der Waals surface area contributed by atoms with Gasteiger partial charge in [-0.15, -0.1) is 0 Å². The lowest BCUT2D eigenvalue weighted by atomic mass is 9.99. The molecule has 0 atom stereocenters. The maximum atomic E-state index is 12.8. The highest BCUT2D eigenvalue weighted by molar-refractivity contribution is 7.08. The van der Waals surface area contributed by atoms with Crippen LogP contribution in [0.4, 0.5) is 0 Å². The highest BCUT2D eigenvalue weighted by atomic mass is 32.1. The number of phenolic OH excluding ortho intramolecular Hbond substituents is 1. The number of ketones is 1. The highest BCUT2D eigenvalue weighted by Gasteiger charge is 2.23. The Morgan fingerprint density at radius 1 is 1.24 bits per heavy atom. The van der Waals surface area contributed by atoms with Gasteiger partial charge in [-0.2, -0.15) is 11.3 Å². The van der Waals surface area contributed by atoms with Crippen molar-refractivity contribution in [2.45, 2.75) is 6.54 Å². The molecule has 0 radical (unpaired) electrons. The number of hydrogen-bond acceptors (Lipinski definition) is 6. The number of thiophene rings is 1. The maximum absolute atomic E-state index is 12.8. The first-order valence-corrected chi connectivity index (χ1v) is 9.27. The summed E-state index contributed by atoms with van der Waals surface area (Å²) in [5, 5.41) is 14.9. The van der Waals surface area contributed by atoms with E-state index >= 15 is 0 Å². The van der Waals surface area contributed by atoms with Crippen molar-refractivity contribution in [1.29, 1.82) is 0 Å². The van der Waals surface area contributed by atoms with Crippen LogP contribution in [-0.2, 0) is 6.54 Å². The Bertz CT molecular complexity index is 893. The summed E-state index contributed by atoms with van der Waals surface area (Å²) in [6, 6.07) is 5.19. The lowest BCUT2D eigenvalue weighted by Gasteiger charge is -2.32. The van der Waals surface area contributed by atoms with Gasteiger partial charge >= 0.3 is 0 Å². The van der Waals surface area contributed by atoms with Gasteiger partial charge in [0.15, 0.2) is 5.78 Å². The van der Waals surface area contributed by atoms with Crippen LogP contribution in [-0.4, -0.2) is 53.9 Å². The molecule has 0 amide bonds. The minimum atomic E-state index is -0.0646. The minimum Gasteiger partial charge on any atom is -0.508 e. The van der Waals surface area contributed by atoms with E-state index in [4.69, 9.17) is 4.42 Å². The number of aromatic hydroxyl groups is 1. The van der Waals surface area contributed by atoms with Crippen LogP contribution in [0.5, 0.6) is 5.75 Å². The average Bonchev–Trinajstić information content (AvgIpc) is 3.28. The van der Waals surface area contributed by atoms with Gasteiger partial charge in [-0.1, -0.05) is 0 Å². The van der Waals surface area contributed by atoms with E-state index in [0.29, 0.717) is 23.3 Å². The first kappa shape index (κ1) is 16.3. The number of carbonyl (C=O) groups excluding carboxylic acids is 1. The van der Waals surface area contributed by atoms with E-state index in [1.807, 2.05) is 16.8 Å². The lowest BCUT2D eigenvalue weighted by molar-refractivity contribution is 0.103. The Hall–Kier alpha value is -2.15. The van der Waals surface area contributed by atoms with Crippen molar-refractivity contribution in [3.8, 4) is 5.75 Å². The number of likely N-dealkylation sites (N-methyl/N-ethyl adjacent to an activating group) is 1. The van der Waals surface area contributed by atoms with Crippen molar-refractivity contribution < 1.29 is 14.3 Å². The van der Waals surface area contributed by atoms with Crippen molar-refractivity contribution in [2.24, 2.45) is 0 Å². The molecule has 4 rings (SSSR count). The number of nitrogens with zero attached hydrogens (tertiary/aromatic N) is 2. The van der Waals surface area contributed by atoms with E-state index in [1.54, 1.807) is 12.1 Å². The summed E-state index contributed by atoms with van der Waals surface area (Å²) in [6.07, 6.45) is 1.51. The molecule has 3 heterocycles. The quantitative estimate of drug-likeness (QED) is 0.728. The second-order valence-corrected chi connectivity index (χ2v) is 7.29. The van der Waals surface area contributed by atoms with Crippen LogP contribution >= 0.6 is 11.3 Å². The molecular formula is C19H20N2O3S. The fourth-order valence-corrected chi connectivity index (χ4v) is 3.93. The molecule has 1 aliphatic rings. The first-order chi connectivity index (χ1) is 12.1. The fraction of sp³-hybridized carbons (Fsp3) is 0.316. The summed E-state index contributed by atoms with van der Waals surface area (Å²) in [7, 11) is 2.11. The van der Waals surface area contributed by atoms with E-state index in [1.165, 1.54) is 17.6 Å². The predicted octanol–water partition coefficient (Wildman–Crippen LogP) is 3.18. The van der Waals surface area contributed by atoms with Crippen LogP contribution in [0.25, 0.3) is 11.0 Å². The third kappa shape index (κ3) is 3.08. The molecule has 0 aliphatic carbocycles. The van der Waals surface area contributed by atoms with Crippen molar-refractivity contribution >= 4 is 28.1 Å². The van der Waals surface area contributed by atoms with Gasteiger partial charge in [-0.05, 0) is 30.6 Å². The van der Waals surface area contributed by atoms with Gasteiger partial charge in [0.2, 0.25) is 0 Å². The van der Waals surface area contributed by atoms with Crippen LogP contribution in [0.2, 0.25) is 0 Å². The molecule has 5 nitrogen and oxygen atoms in total. The Balaban J connectivity index is 1.74. The number of phenols is 1. The molecule has 0 bridgehead atoms. The molecule has 25 heavy (non-hydrogen) atoms. The second-order valence-electron chi connectivity index (χ2n) is 6.51. The van der Waals surface area contributed by atoms with E-state index in [9.17, 15) is 9.90 Å². The molecule has 130 valence electrons. The Kier molecular flexibility index (Phi) is 4.33. The zero-order valence-electron chi connectivity index (χ0n) is 14.1. The van der Waals surface area contributed by atoms with Gasteiger partial charge < -0.3 is 14.4 Å². The van der Waals surface area contributed by atoms with Gasteiger partial charge in [0.25, 0.3) is 0 Å². The van der Waals surface area contributed by atoms with Gasteiger partial charge in [-0.25, -0.2) is 0 Å². The minimum absolute atomic E-state index is 0.0646. The summed E-state index contributed by atoms with van der Waals surface area (Å²) in [5.74, 6) is 0.150. The number of fused-ring (bicyclic) bond motifs is 1. The molecule has 1 N–H and O–H groups in total. The third-order valence-electron chi connectivity index (χ3n) is 4.83. The molecule has 1 fully saturated rings. The number of rotatable bonds is 4. The molecular weight excluding hydrogens is 336 g/mol. The molecule has 1 saturated heterocycles. The number of carbonyl (C=O) groups is 1. The van der Waals surface area contributed by atoms with E-state index < -0.39 is 0 Å².